The van der Waals surface area contributed by atoms with E-state index in [1.165, 1.54) is 18.2 Å². The number of sulfonamides is 1. The van der Waals surface area contributed by atoms with Gasteiger partial charge in [0.1, 0.15) is 15.7 Å². The zero-order valence-electron chi connectivity index (χ0n) is 11.0. The van der Waals surface area contributed by atoms with E-state index in [1.807, 2.05) is 13.8 Å². The van der Waals surface area contributed by atoms with E-state index in [-0.39, 0.29) is 5.13 Å². The number of hydrogen-bond acceptors (Lipinski definition) is 5. The maximum absolute atomic E-state index is 13.5. The number of benzene rings is 1. The van der Waals surface area contributed by atoms with Gasteiger partial charge in [-0.15, -0.1) is 10.2 Å². The minimum Gasteiger partial charge on any atom is -0.253 e. The highest BCUT2D eigenvalue weighted by Gasteiger charge is 2.20. The van der Waals surface area contributed by atoms with Gasteiger partial charge >= 0.3 is 0 Å². The minimum atomic E-state index is -3.98. The molecule has 0 aliphatic carbocycles. The van der Waals surface area contributed by atoms with Gasteiger partial charge in [-0.3, -0.25) is 4.72 Å². The van der Waals surface area contributed by atoms with Crippen LogP contribution in [0.3, 0.4) is 0 Å². The number of anilines is 1. The van der Waals surface area contributed by atoms with E-state index in [1.54, 1.807) is 0 Å². The van der Waals surface area contributed by atoms with Gasteiger partial charge in [0.2, 0.25) is 5.13 Å². The Labute approximate surface area is 120 Å². The fraction of sp³-hybridized carbons (Fsp3) is 0.333. The van der Waals surface area contributed by atoms with Crippen molar-refractivity contribution in [3.05, 3.63) is 35.1 Å². The van der Waals surface area contributed by atoms with Crippen molar-refractivity contribution in [1.82, 2.24) is 10.2 Å². The normalized spacial score (nSPS) is 11.8. The van der Waals surface area contributed by atoms with E-state index in [0.717, 1.165) is 28.8 Å². The van der Waals surface area contributed by atoms with Gasteiger partial charge in [0, 0.05) is 6.42 Å². The molecule has 0 atom stereocenters. The molecule has 1 aromatic heterocycles. The predicted octanol–water partition coefficient (Wildman–Crippen LogP) is 2.68. The summed E-state index contributed by atoms with van der Waals surface area (Å²) in [7, 11) is -3.98. The first-order valence-corrected chi connectivity index (χ1v) is 8.28. The van der Waals surface area contributed by atoms with E-state index in [2.05, 4.69) is 14.9 Å². The van der Waals surface area contributed by atoms with Crippen LogP contribution in [0, 0.1) is 11.7 Å². The fourth-order valence-corrected chi connectivity index (χ4v) is 3.82. The van der Waals surface area contributed by atoms with Crippen LogP contribution in [-0.4, -0.2) is 18.6 Å². The van der Waals surface area contributed by atoms with Gasteiger partial charge in [-0.2, -0.15) is 0 Å². The second kappa shape index (κ2) is 5.84. The summed E-state index contributed by atoms with van der Waals surface area (Å²) in [6.07, 6.45) is 0.721. The zero-order valence-corrected chi connectivity index (χ0v) is 12.6. The Morgan fingerprint density at radius 2 is 2.00 bits per heavy atom. The van der Waals surface area contributed by atoms with Crippen LogP contribution in [0.15, 0.2) is 29.2 Å². The zero-order chi connectivity index (χ0) is 14.8. The highest BCUT2D eigenvalue weighted by molar-refractivity contribution is 7.93. The molecule has 0 saturated carbocycles. The molecule has 0 fully saturated rings. The maximum atomic E-state index is 13.5. The number of rotatable bonds is 5. The lowest BCUT2D eigenvalue weighted by Gasteiger charge is -2.05. The summed E-state index contributed by atoms with van der Waals surface area (Å²) in [5, 5.41) is 8.55. The lowest BCUT2D eigenvalue weighted by Crippen LogP contribution is -2.14. The number of nitrogens with one attached hydrogen (secondary N) is 1. The number of nitrogens with zero attached hydrogens (tertiary/aromatic N) is 2. The maximum Gasteiger partial charge on any atom is 0.266 e. The van der Waals surface area contributed by atoms with E-state index in [4.69, 9.17) is 0 Å². The summed E-state index contributed by atoms with van der Waals surface area (Å²) in [6.45, 7) is 4.06. The van der Waals surface area contributed by atoms with E-state index in [9.17, 15) is 12.8 Å². The Kier molecular flexibility index (Phi) is 4.34. The van der Waals surface area contributed by atoms with E-state index in [0.29, 0.717) is 5.92 Å². The molecule has 0 aliphatic rings. The Balaban J connectivity index is 2.21. The summed E-state index contributed by atoms with van der Waals surface area (Å²) >= 11 is 1.15. The second-order valence-electron chi connectivity index (χ2n) is 4.63. The van der Waals surface area contributed by atoms with Crippen molar-refractivity contribution in [1.29, 1.82) is 0 Å². The summed E-state index contributed by atoms with van der Waals surface area (Å²) in [6, 6.07) is 5.19. The average molecular weight is 315 g/mol. The highest BCUT2D eigenvalue weighted by Crippen LogP contribution is 2.22. The SMILES string of the molecule is CC(C)Cc1nnc(NS(=O)(=O)c2ccccc2F)s1. The predicted molar refractivity (Wildman–Crippen MR) is 75.7 cm³/mol. The van der Waals surface area contributed by atoms with Crippen LogP contribution in [0.2, 0.25) is 0 Å². The summed E-state index contributed by atoms with van der Waals surface area (Å²) in [5.41, 5.74) is 0. The molecular formula is C12H14FN3O2S2. The van der Waals surface area contributed by atoms with Gasteiger partial charge < -0.3 is 0 Å². The Hall–Kier alpha value is -1.54. The van der Waals surface area contributed by atoms with Crippen molar-refractivity contribution in [2.24, 2.45) is 5.92 Å². The van der Waals surface area contributed by atoms with Crippen LogP contribution in [0.4, 0.5) is 9.52 Å². The van der Waals surface area contributed by atoms with Crippen molar-refractivity contribution in [2.75, 3.05) is 4.72 Å². The van der Waals surface area contributed by atoms with Gasteiger partial charge in [0.05, 0.1) is 0 Å². The summed E-state index contributed by atoms with van der Waals surface area (Å²) in [5.74, 6) is -0.397. The fourth-order valence-electron chi connectivity index (χ4n) is 1.56. The first-order valence-electron chi connectivity index (χ1n) is 5.98. The molecule has 0 spiro atoms. The standard InChI is InChI=1S/C12H14FN3O2S2/c1-8(2)7-11-14-15-12(19-11)16-20(17,18)10-6-4-3-5-9(10)13/h3-6,8H,7H2,1-2H3,(H,15,16). The van der Waals surface area contributed by atoms with Gasteiger partial charge in [0.25, 0.3) is 10.0 Å². The van der Waals surface area contributed by atoms with Crippen molar-refractivity contribution < 1.29 is 12.8 Å². The van der Waals surface area contributed by atoms with Gasteiger partial charge in [-0.25, -0.2) is 12.8 Å². The van der Waals surface area contributed by atoms with Crippen LogP contribution in [0.5, 0.6) is 0 Å². The van der Waals surface area contributed by atoms with Crippen molar-refractivity contribution in [2.45, 2.75) is 25.2 Å². The topological polar surface area (TPSA) is 72.0 Å². The molecule has 0 amide bonds. The monoisotopic (exact) mass is 315 g/mol. The molecule has 5 nitrogen and oxygen atoms in total. The number of hydrogen-bond donors (Lipinski definition) is 1. The molecule has 8 heteroatoms. The molecule has 0 unspecified atom stereocenters. The van der Waals surface area contributed by atoms with Crippen LogP contribution in [0.25, 0.3) is 0 Å². The van der Waals surface area contributed by atoms with Crippen LogP contribution >= 0.6 is 11.3 Å². The molecular weight excluding hydrogens is 301 g/mol. The molecule has 108 valence electrons. The Morgan fingerprint density at radius 3 is 2.65 bits per heavy atom. The smallest absolute Gasteiger partial charge is 0.253 e. The van der Waals surface area contributed by atoms with Gasteiger partial charge in [-0.05, 0) is 18.1 Å². The Bertz CT molecular complexity index is 698. The van der Waals surface area contributed by atoms with Crippen molar-refractivity contribution in [3.63, 3.8) is 0 Å². The minimum absolute atomic E-state index is 0.143. The third-order valence-electron chi connectivity index (χ3n) is 2.40. The lowest BCUT2D eigenvalue weighted by molar-refractivity contribution is 0.570. The molecule has 0 radical (unpaired) electrons. The van der Waals surface area contributed by atoms with Crippen molar-refractivity contribution >= 4 is 26.5 Å². The molecule has 1 heterocycles. The summed E-state index contributed by atoms with van der Waals surface area (Å²) in [4.78, 5) is -0.402. The first kappa shape index (κ1) is 14.9. The van der Waals surface area contributed by atoms with Gasteiger partial charge in [0.15, 0.2) is 0 Å². The third-order valence-corrected chi connectivity index (χ3v) is 4.76. The third kappa shape index (κ3) is 3.51. The molecule has 2 aromatic rings. The molecule has 1 aromatic carbocycles. The van der Waals surface area contributed by atoms with Crippen molar-refractivity contribution in [3.8, 4) is 0 Å². The first-order chi connectivity index (χ1) is 9.38. The van der Waals surface area contributed by atoms with Crippen LogP contribution in [0.1, 0.15) is 18.9 Å². The van der Waals surface area contributed by atoms with Crippen LogP contribution < -0.4 is 4.72 Å². The Morgan fingerprint density at radius 1 is 1.30 bits per heavy atom. The molecule has 2 rings (SSSR count). The molecule has 20 heavy (non-hydrogen) atoms. The van der Waals surface area contributed by atoms with Crippen LogP contribution in [-0.2, 0) is 16.4 Å². The molecule has 0 saturated heterocycles. The lowest BCUT2D eigenvalue weighted by atomic mass is 10.1. The largest absolute Gasteiger partial charge is 0.266 e. The van der Waals surface area contributed by atoms with E-state index >= 15 is 0 Å². The quantitative estimate of drug-likeness (QED) is 0.921. The second-order valence-corrected chi connectivity index (χ2v) is 7.35. The average Bonchev–Trinajstić information content (AvgIpc) is 2.75. The van der Waals surface area contributed by atoms with Gasteiger partial charge in [-0.1, -0.05) is 37.3 Å². The summed E-state index contributed by atoms with van der Waals surface area (Å²) < 4.78 is 39.8. The number of aromatic nitrogens is 2. The molecule has 0 bridgehead atoms. The molecule has 0 aliphatic heterocycles. The number of halogens is 1. The highest BCUT2D eigenvalue weighted by atomic mass is 32.2. The van der Waals surface area contributed by atoms with E-state index < -0.39 is 20.7 Å². The molecule has 1 N–H and O–H groups in total.